The molecule has 0 unspecified atom stereocenters. The topological polar surface area (TPSA) is 183 Å². The van der Waals surface area contributed by atoms with Gasteiger partial charge in [-0.1, -0.05) is 18.2 Å². The molecule has 55 heavy (non-hydrogen) atoms. The molecule has 3 aromatic carbocycles. The van der Waals surface area contributed by atoms with E-state index in [0.29, 0.717) is 46.2 Å². The standard InChI is InChI=1S/C39H37N7O8S/c1-45-21-33(44-36(45)38(50)42-24-10-11-31-23(15-24)17-32(55-31)37(49)40-13-12-35(48)53-3)43-34(47)9-6-14-54-30-19-27-26(18-29(30)52-2)39(51)46-25(20-41-27)16-22-7-4-5-8-28(22)46/h4-5,7-8,10-11,15,17-21,25H,6,9,12-14,16H2,1-3H3,(H,40,49)(H,42,50)(H,43,47)/t25-/m0/s1. The van der Waals surface area contributed by atoms with Crippen molar-refractivity contribution in [2.75, 3.05) is 42.9 Å². The van der Waals surface area contributed by atoms with Gasteiger partial charge in [0.25, 0.3) is 17.7 Å². The fourth-order valence-electron chi connectivity index (χ4n) is 6.43. The molecule has 0 radical (unpaired) electrons. The van der Waals surface area contributed by atoms with Crippen LogP contribution in [0.3, 0.4) is 0 Å². The largest absolute Gasteiger partial charge is 0.493 e. The van der Waals surface area contributed by atoms with E-state index >= 15 is 0 Å². The Kier molecular flexibility index (Phi) is 10.6. The molecule has 0 saturated carbocycles. The Labute approximate surface area is 319 Å². The van der Waals surface area contributed by atoms with E-state index in [1.54, 1.807) is 60.8 Å². The van der Waals surface area contributed by atoms with Crippen molar-refractivity contribution in [1.82, 2.24) is 14.9 Å². The first-order valence-electron chi connectivity index (χ1n) is 17.5. The zero-order chi connectivity index (χ0) is 38.6. The highest BCUT2D eigenvalue weighted by atomic mass is 32.1. The summed E-state index contributed by atoms with van der Waals surface area (Å²) in [6.07, 6.45) is 4.57. The highest BCUT2D eigenvalue weighted by Crippen LogP contribution is 2.41. The Hall–Kier alpha value is -6.55. The van der Waals surface area contributed by atoms with Crippen molar-refractivity contribution in [3.8, 4) is 11.5 Å². The van der Waals surface area contributed by atoms with Crippen LogP contribution in [0.25, 0.3) is 10.1 Å². The molecule has 0 aliphatic carbocycles. The molecule has 1 atom stereocenters. The lowest BCUT2D eigenvalue weighted by molar-refractivity contribution is -0.140. The Morgan fingerprint density at radius 3 is 2.62 bits per heavy atom. The zero-order valence-electron chi connectivity index (χ0n) is 30.2. The number of aromatic nitrogens is 2. The second-order valence-electron chi connectivity index (χ2n) is 12.8. The lowest BCUT2D eigenvalue weighted by atomic mass is 10.1. The number of nitrogens with one attached hydrogen (secondary N) is 3. The molecule has 2 aliphatic rings. The van der Waals surface area contributed by atoms with Gasteiger partial charge in [0.2, 0.25) is 11.7 Å². The first-order chi connectivity index (χ1) is 26.6. The van der Waals surface area contributed by atoms with Crippen LogP contribution in [0, 0.1) is 0 Å². The van der Waals surface area contributed by atoms with Gasteiger partial charge in [0.15, 0.2) is 17.3 Å². The molecule has 4 amide bonds. The van der Waals surface area contributed by atoms with Gasteiger partial charge in [0.05, 0.1) is 49.4 Å². The third-order valence-corrected chi connectivity index (χ3v) is 10.2. The zero-order valence-corrected chi connectivity index (χ0v) is 31.0. The van der Waals surface area contributed by atoms with Crippen molar-refractivity contribution >= 4 is 80.1 Å². The Morgan fingerprint density at radius 1 is 0.964 bits per heavy atom. The van der Waals surface area contributed by atoms with Crippen LogP contribution in [0.1, 0.15) is 55.5 Å². The van der Waals surface area contributed by atoms with Gasteiger partial charge in [-0.25, -0.2) is 4.98 Å². The first kappa shape index (κ1) is 36.8. The summed E-state index contributed by atoms with van der Waals surface area (Å²) < 4.78 is 18.5. The van der Waals surface area contributed by atoms with Crippen LogP contribution < -0.4 is 30.3 Å². The summed E-state index contributed by atoms with van der Waals surface area (Å²) in [4.78, 5) is 74.6. The number of esters is 1. The number of thiophene rings is 1. The number of hydrogen-bond donors (Lipinski definition) is 3. The lowest BCUT2D eigenvalue weighted by Gasteiger charge is -2.22. The number of anilines is 3. The maximum absolute atomic E-state index is 13.7. The monoisotopic (exact) mass is 763 g/mol. The average molecular weight is 764 g/mol. The number of carbonyl (C=O) groups excluding carboxylic acids is 5. The van der Waals surface area contributed by atoms with Gasteiger partial charge >= 0.3 is 5.97 Å². The van der Waals surface area contributed by atoms with Crippen LogP contribution in [0.4, 0.5) is 22.9 Å². The number of fused-ring (bicyclic) bond motifs is 5. The fourth-order valence-corrected chi connectivity index (χ4v) is 7.39. The molecule has 3 N–H and O–H groups in total. The third kappa shape index (κ3) is 7.89. The summed E-state index contributed by atoms with van der Waals surface area (Å²) in [5.41, 5.74) is 3.37. The van der Waals surface area contributed by atoms with Gasteiger partial charge in [0.1, 0.15) is 0 Å². The smallest absolute Gasteiger partial charge is 0.307 e. The second-order valence-corrected chi connectivity index (χ2v) is 13.9. The molecular weight excluding hydrogens is 727 g/mol. The van der Waals surface area contributed by atoms with Crippen LogP contribution in [-0.2, 0) is 27.8 Å². The lowest BCUT2D eigenvalue weighted by Crippen LogP contribution is -2.37. The molecule has 0 spiro atoms. The molecule has 16 heteroatoms. The summed E-state index contributed by atoms with van der Waals surface area (Å²) >= 11 is 1.29. The number of hydrogen-bond acceptors (Lipinski definition) is 11. The van der Waals surface area contributed by atoms with E-state index in [9.17, 15) is 24.0 Å². The van der Waals surface area contributed by atoms with Gasteiger partial charge in [-0.2, -0.15) is 0 Å². The van der Waals surface area contributed by atoms with Crippen LogP contribution in [0.2, 0.25) is 0 Å². The van der Waals surface area contributed by atoms with E-state index in [0.717, 1.165) is 21.3 Å². The van der Waals surface area contributed by atoms with Crippen LogP contribution in [-0.4, -0.2) is 78.8 Å². The molecule has 5 aromatic rings. The maximum atomic E-state index is 13.7. The predicted molar refractivity (Wildman–Crippen MR) is 207 cm³/mol. The molecule has 2 aliphatic heterocycles. The number of rotatable bonds is 13. The number of aryl methyl sites for hydroxylation is 1. The quantitative estimate of drug-likeness (QED) is 0.106. The number of benzene rings is 3. The number of para-hydroxylation sites is 1. The number of nitrogens with zero attached hydrogens (tertiary/aromatic N) is 4. The van der Waals surface area contributed by atoms with Crippen molar-refractivity contribution in [3.05, 3.63) is 88.7 Å². The minimum atomic E-state index is -0.488. The van der Waals surface area contributed by atoms with Gasteiger partial charge in [-0.3, -0.25) is 33.9 Å². The molecule has 7 rings (SSSR count). The normalized spacial score (nSPS) is 14.1. The minimum Gasteiger partial charge on any atom is -0.493 e. The molecule has 0 bridgehead atoms. The number of carbonyl (C=O) groups is 5. The summed E-state index contributed by atoms with van der Waals surface area (Å²) in [7, 11) is 4.44. The van der Waals surface area contributed by atoms with E-state index in [1.807, 2.05) is 24.3 Å². The average Bonchev–Trinajstić information content (AvgIpc) is 3.87. The summed E-state index contributed by atoms with van der Waals surface area (Å²) in [5, 5.41) is 9.00. The number of imidazole rings is 1. The number of aliphatic imine (C=N–C) groups is 1. The molecule has 15 nitrogen and oxygen atoms in total. The van der Waals surface area contributed by atoms with E-state index in [1.165, 1.54) is 30.1 Å². The Balaban J connectivity index is 0.910. The summed E-state index contributed by atoms with van der Waals surface area (Å²) in [5.74, 6) is -0.596. The summed E-state index contributed by atoms with van der Waals surface area (Å²) in [6, 6.07) is 18.0. The molecule has 4 heterocycles. The van der Waals surface area contributed by atoms with E-state index in [-0.39, 0.29) is 61.4 Å². The first-order valence-corrected chi connectivity index (χ1v) is 18.3. The fraction of sp³-hybridized carbons (Fsp3) is 0.256. The number of methoxy groups -OCH3 is 2. The number of ether oxygens (including phenoxy) is 3. The van der Waals surface area contributed by atoms with E-state index in [2.05, 4.69) is 30.7 Å². The van der Waals surface area contributed by atoms with Crippen LogP contribution in [0.5, 0.6) is 11.5 Å². The molecule has 282 valence electrons. The highest BCUT2D eigenvalue weighted by Gasteiger charge is 2.36. The molecule has 2 aromatic heterocycles. The Morgan fingerprint density at radius 2 is 1.80 bits per heavy atom. The summed E-state index contributed by atoms with van der Waals surface area (Å²) in [6.45, 7) is 0.346. The van der Waals surface area contributed by atoms with Crippen molar-refractivity contribution in [1.29, 1.82) is 0 Å². The van der Waals surface area contributed by atoms with Crippen LogP contribution >= 0.6 is 11.3 Å². The second kappa shape index (κ2) is 15.8. The van der Waals surface area contributed by atoms with Crippen molar-refractivity contribution < 1.29 is 38.2 Å². The predicted octanol–water partition coefficient (Wildman–Crippen LogP) is 5.27. The van der Waals surface area contributed by atoms with Gasteiger partial charge in [-0.15, -0.1) is 11.3 Å². The third-order valence-electron chi connectivity index (χ3n) is 9.12. The number of amides is 4. The van der Waals surface area contributed by atoms with Gasteiger partial charge in [0, 0.05) is 61.0 Å². The molecular formula is C39H37N7O8S. The molecule has 0 saturated heterocycles. The van der Waals surface area contributed by atoms with Gasteiger partial charge in [-0.05, 0) is 53.8 Å². The van der Waals surface area contributed by atoms with Crippen molar-refractivity contribution in [2.24, 2.45) is 12.0 Å². The highest BCUT2D eigenvalue weighted by molar-refractivity contribution is 7.20. The Bertz CT molecular complexity index is 2370. The minimum absolute atomic E-state index is 0.0710. The van der Waals surface area contributed by atoms with Crippen molar-refractivity contribution in [3.63, 3.8) is 0 Å². The SMILES string of the molecule is COC(=O)CCNC(=O)c1cc2cc(NC(=O)c3nc(NC(=O)CCCOc4cc5c(cc4OC)C(=O)N4c6ccccc6C[C@H]4C=N5)cn3C)ccc2s1. The van der Waals surface area contributed by atoms with Crippen molar-refractivity contribution in [2.45, 2.75) is 31.7 Å². The van der Waals surface area contributed by atoms with E-state index < -0.39 is 11.9 Å². The molecule has 0 fully saturated rings. The van der Waals surface area contributed by atoms with Crippen LogP contribution in [0.15, 0.2) is 71.9 Å². The van der Waals surface area contributed by atoms with E-state index in [4.69, 9.17) is 9.47 Å². The van der Waals surface area contributed by atoms with Gasteiger partial charge < -0.3 is 34.7 Å². The maximum Gasteiger partial charge on any atom is 0.307 e.